The third-order valence-corrected chi connectivity index (χ3v) is 4.32. The average Bonchev–Trinajstić information content (AvgIpc) is 2.38. The van der Waals surface area contributed by atoms with Gasteiger partial charge in [0.15, 0.2) is 0 Å². The van der Waals surface area contributed by atoms with E-state index >= 15 is 0 Å². The van der Waals surface area contributed by atoms with Crippen LogP contribution in [-0.2, 0) is 0 Å². The Morgan fingerprint density at radius 3 is 2.59 bits per heavy atom. The molecule has 0 N–H and O–H groups in total. The highest BCUT2D eigenvalue weighted by molar-refractivity contribution is 7.99. The summed E-state index contributed by atoms with van der Waals surface area (Å²) in [6, 6.07) is 15.3. The van der Waals surface area contributed by atoms with Gasteiger partial charge in [-0.1, -0.05) is 50.6 Å². The largest absolute Gasteiger partial charge is 0.126 e. The molecule has 17 heavy (non-hydrogen) atoms. The van der Waals surface area contributed by atoms with E-state index in [1.165, 1.54) is 34.3 Å². The van der Waals surface area contributed by atoms with Crippen LogP contribution in [-0.4, -0.2) is 5.75 Å². The van der Waals surface area contributed by atoms with Crippen molar-refractivity contribution in [3.05, 3.63) is 42.5 Å². The molecule has 2 aromatic carbocycles. The van der Waals surface area contributed by atoms with Gasteiger partial charge in [0.05, 0.1) is 0 Å². The van der Waals surface area contributed by atoms with Crippen LogP contribution in [0.15, 0.2) is 47.4 Å². The van der Waals surface area contributed by atoms with Crippen LogP contribution >= 0.6 is 11.8 Å². The maximum Gasteiger partial charge on any atom is 0.00783 e. The second kappa shape index (κ2) is 6.11. The van der Waals surface area contributed by atoms with Gasteiger partial charge >= 0.3 is 0 Å². The Bertz CT molecular complexity index is 476. The zero-order valence-electron chi connectivity index (χ0n) is 10.6. The van der Waals surface area contributed by atoms with Gasteiger partial charge in [0.2, 0.25) is 0 Å². The van der Waals surface area contributed by atoms with E-state index in [2.05, 4.69) is 56.3 Å². The fourth-order valence-electron chi connectivity index (χ4n) is 1.84. The molecule has 90 valence electrons. The zero-order valence-corrected chi connectivity index (χ0v) is 11.5. The highest BCUT2D eigenvalue weighted by Gasteiger charge is 2.00. The van der Waals surface area contributed by atoms with Crippen molar-refractivity contribution in [3.8, 4) is 0 Å². The van der Waals surface area contributed by atoms with Gasteiger partial charge in [-0.25, -0.2) is 0 Å². The first-order valence-corrected chi connectivity index (χ1v) is 7.39. The number of rotatable bonds is 5. The Morgan fingerprint density at radius 1 is 1.06 bits per heavy atom. The van der Waals surface area contributed by atoms with Crippen molar-refractivity contribution in [2.24, 2.45) is 5.92 Å². The summed E-state index contributed by atoms with van der Waals surface area (Å²) >= 11 is 1.98. The summed E-state index contributed by atoms with van der Waals surface area (Å²) in [6.07, 6.45) is 2.60. The lowest BCUT2D eigenvalue weighted by molar-refractivity contribution is 0.549. The molecular weight excluding hydrogens is 224 g/mol. The van der Waals surface area contributed by atoms with Crippen LogP contribution in [0.4, 0.5) is 0 Å². The first kappa shape index (κ1) is 12.5. The molecule has 0 heterocycles. The molecule has 0 nitrogen and oxygen atoms in total. The Hall–Kier alpha value is -0.950. The first-order valence-electron chi connectivity index (χ1n) is 6.41. The molecule has 0 fully saturated rings. The Kier molecular flexibility index (Phi) is 4.49. The van der Waals surface area contributed by atoms with E-state index in [0.717, 1.165) is 5.92 Å². The quantitative estimate of drug-likeness (QED) is 0.637. The minimum Gasteiger partial charge on any atom is -0.126 e. The summed E-state index contributed by atoms with van der Waals surface area (Å²) in [6.45, 7) is 4.60. The van der Waals surface area contributed by atoms with Crippen molar-refractivity contribution >= 4 is 22.5 Å². The second-order valence-electron chi connectivity index (χ2n) is 4.66. The van der Waals surface area contributed by atoms with Gasteiger partial charge in [-0.3, -0.25) is 0 Å². The Morgan fingerprint density at radius 2 is 1.82 bits per heavy atom. The predicted octanol–water partition coefficient (Wildman–Crippen LogP) is 5.37. The summed E-state index contributed by atoms with van der Waals surface area (Å²) in [5, 5.41) is 2.68. The van der Waals surface area contributed by atoms with E-state index in [9.17, 15) is 0 Å². The van der Waals surface area contributed by atoms with Crippen LogP contribution in [0.1, 0.15) is 26.7 Å². The Labute approximate surface area is 108 Å². The number of hydrogen-bond acceptors (Lipinski definition) is 1. The smallest absolute Gasteiger partial charge is 0.00783 e. The number of benzene rings is 2. The maximum absolute atomic E-state index is 2.33. The molecule has 0 aliphatic heterocycles. The molecule has 0 aliphatic carbocycles. The standard InChI is InChI=1S/C16H20S/c1-3-13(2)10-11-17-16-9-8-14-6-4-5-7-15(14)12-16/h4-9,12-13H,3,10-11H2,1-2H3. The number of hydrogen-bond donors (Lipinski definition) is 0. The van der Waals surface area contributed by atoms with E-state index in [1.54, 1.807) is 0 Å². The first-order chi connectivity index (χ1) is 8.29. The molecule has 0 bridgehead atoms. The monoisotopic (exact) mass is 244 g/mol. The molecule has 0 saturated carbocycles. The summed E-state index contributed by atoms with van der Waals surface area (Å²) in [5.41, 5.74) is 0. The van der Waals surface area contributed by atoms with E-state index in [0.29, 0.717) is 0 Å². The van der Waals surface area contributed by atoms with Gasteiger partial charge in [-0.05, 0) is 41.0 Å². The van der Waals surface area contributed by atoms with Gasteiger partial charge in [-0.2, -0.15) is 0 Å². The molecule has 0 aliphatic rings. The summed E-state index contributed by atoms with van der Waals surface area (Å²) < 4.78 is 0. The van der Waals surface area contributed by atoms with Crippen LogP contribution in [0.3, 0.4) is 0 Å². The average molecular weight is 244 g/mol. The summed E-state index contributed by atoms with van der Waals surface area (Å²) in [5.74, 6) is 2.08. The normalized spacial score (nSPS) is 12.8. The Balaban J connectivity index is 1.99. The van der Waals surface area contributed by atoms with Gasteiger partial charge in [0.25, 0.3) is 0 Å². The van der Waals surface area contributed by atoms with E-state index in [1.807, 2.05) is 11.8 Å². The van der Waals surface area contributed by atoms with Crippen LogP contribution in [0.2, 0.25) is 0 Å². The minimum absolute atomic E-state index is 0.850. The van der Waals surface area contributed by atoms with Crippen LogP contribution in [0, 0.1) is 5.92 Å². The summed E-state index contributed by atoms with van der Waals surface area (Å²) in [4.78, 5) is 1.40. The van der Waals surface area contributed by atoms with Gasteiger partial charge in [0.1, 0.15) is 0 Å². The fraction of sp³-hybridized carbons (Fsp3) is 0.375. The SMILES string of the molecule is CCC(C)CCSc1ccc2ccccc2c1. The second-order valence-corrected chi connectivity index (χ2v) is 5.83. The van der Waals surface area contributed by atoms with Crippen LogP contribution in [0.5, 0.6) is 0 Å². The minimum atomic E-state index is 0.850. The van der Waals surface area contributed by atoms with Crippen molar-refractivity contribution < 1.29 is 0 Å². The van der Waals surface area contributed by atoms with Crippen LogP contribution < -0.4 is 0 Å². The third kappa shape index (κ3) is 3.50. The molecule has 1 unspecified atom stereocenters. The van der Waals surface area contributed by atoms with Gasteiger partial charge in [-0.15, -0.1) is 11.8 Å². The third-order valence-electron chi connectivity index (χ3n) is 3.30. The molecular formula is C16H20S. The van der Waals surface area contributed by atoms with E-state index in [-0.39, 0.29) is 0 Å². The molecule has 0 amide bonds. The van der Waals surface area contributed by atoms with Crippen molar-refractivity contribution in [1.29, 1.82) is 0 Å². The van der Waals surface area contributed by atoms with Crippen molar-refractivity contribution in [3.63, 3.8) is 0 Å². The molecule has 0 spiro atoms. The lowest BCUT2D eigenvalue weighted by Crippen LogP contribution is -1.93. The van der Waals surface area contributed by atoms with Crippen molar-refractivity contribution in [2.75, 3.05) is 5.75 Å². The lowest BCUT2D eigenvalue weighted by Gasteiger charge is -2.08. The molecule has 0 saturated heterocycles. The van der Waals surface area contributed by atoms with Crippen molar-refractivity contribution in [1.82, 2.24) is 0 Å². The highest BCUT2D eigenvalue weighted by atomic mass is 32.2. The fourth-order valence-corrected chi connectivity index (χ4v) is 2.97. The molecule has 0 radical (unpaired) electrons. The topological polar surface area (TPSA) is 0 Å². The molecule has 2 rings (SSSR count). The van der Waals surface area contributed by atoms with Gasteiger partial charge in [0, 0.05) is 4.90 Å². The van der Waals surface area contributed by atoms with Crippen LogP contribution in [0.25, 0.3) is 10.8 Å². The highest BCUT2D eigenvalue weighted by Crippen LogP contribution is 2.25. The molecule has 2 aromatic rings. The van der Waals surface area contributed by atoms with E-state index in [4.69, 9.17) is 0 Å². The zero-order chi connectivity index (χ0) is 12.1. The van der Waals surface area contributed by atoms with Crippen molar-refractivity contribution in [2.45, 2.75) is 31.6 Å². The van der Waals surface area contributed by atoms with E-state index < -0.39 is 0 Å². The van der Waals surface area contributed by atoms with Gasteiger partial charge < -0.3 is 0 Å². The summed E-state index contributed by atoms with van der Waals surface area (Å²) in [7, 11) is 0. The maximum atomic E-state index is 2.33. The number of thioether (sulfide) groups is 1. The molecule has 1 heteroatoms. The molecule has 1 atom stereocenters. The predicted molar refractivity (Wildman–Crippen MR) is 78.7 cm³/mol. The lowest BCUT2D eigenvalue weighted by atomic mass is 10.1. The number of fused-ring (bicyclic) bond motifs is 1. The molecule has 0 aromatic heterocycles.